The van der Waals surface area contributed by atoms with Crippen molar-refractivity contribution in [2.24, 2.45) is 0 Å². The molecule has 1 amide bonds. The molecule has 0 saturated carbocycles. The van der Waals surface area contributed by atoms with Crippen LogP contribution in [0.15, 0.2) is 442 Å². The number of carbonyl (C=O) groups excluding carboxylic acids is 6. The van der Waals surface area contributed by atoms with Gasteiger partial charge in [0.1, 0.15) is 81.5 Å². The smallest absolute Gasteiger partial charge is 0.407 e. The SMILES string of the molecule is C(=C/COCc1ccccc1)/COCc1ccccc1.C=CCNC(=O)OC(C)(C)C.C=CCOC(=O)c1ccccc1.C=CCOCc1ccccc1.C=CCOc1nc(OCC=C)nc(OCC=C)n1.C=CCc1ccc(O)cc1.C=CCc1ccc(OC)cc1.C=CCc1ccccc1O.C=CCc1ccccc1OC.CC(=O)OC/C=C\COC(C)=O.O=C(OC/C=C\COC(=O)c1ccccc1)c1ccccc1. The zero-order valence-electron chi connectivity index (χ0n) is 86.2. The highest BCUT2D eigenvalue weighted by atomic mass is 16.6. The van der Waals surface area contributed by atoms with Crippen molar-refractivity contribution < 1.29 is 105 Å². The number of nitrogens with one attached hydrogen (secondary N) is 1. The number of amides is 1. The van der Waals surface area contributed by atoms with E-state index >= 15 is 0 Å². The summed E-state index contributed by atoms with van der Waals surface area (Å²) in [6.45, 7) is 49.8. The number of hydrogen-bond acceptors (Lipinski definition) is 25. The predicted molar refractivity (Wildman–Crippen MR) is 589 cm³/mol. The Morgan fingerprint density at radius 3 is 0.953 bits per heavy atom. The molecule has 784 valence electrons. The summed E-state index contributed by atoms with van der Waals surface area (Å²) in [6.07, 6.45) is 30.5. The van der Waals surface area contributed by atoms with Crippen LogP contribution in [0, 0.1) is 0 Å². The Bertz CT molecular complexity index is 5380. The minimum absolute atomic E-state index is 0.114. The highest BCUT2D eigenvalue weighted by molar-refractivity contribution is 5.90. The number of hydrogen-bond donors (Lipinski definition) is 3. The number of aromatic hydroxyl groups is 2. The minimum atomic E-state index is -0.425. The summed E-state index contributed by atoms with van der Waals surface area (Å²) in [5.41, 5.74) is 9.30. The van der Waals surface area contributed by atoms with Gasteiger partial charge >= 0.3 is 54.0 Å². The van der Waals surface area contributed by atoms with E-state index in [1.807, 2.05) is 215 Å². The van der Waals surface area contributed by atoms with Gasteiger partial charge in [-0.25, -0.2) is 19.2 Å². The van der Waals surface area contributed by atoms with E-state index in [1.165, 1.54) is 47.2 Å². The van der Waals surface area contributed by atoms with Crippen LogP contribution in [0.3, 0.4) is 0 Å². The fraction of sp³-hybridized carbons (Fsp3) is 0.221. The van der Waals surface area contributed by atoms with Gasteiger partial charge in [0.05, 0.1) is 70.6 Å². The number of allylic oxidation sites excluding steroid dienone is 4. The molecule has 0 unspecified atom stereocenters. The van der Waals surface area contributed by atoms with Crippen LogP contribution in [-0.2, 0) is 97.7 Å². The van der Waals surface area contributed by atoms with Crippen molar-refractivity contribution in [1.82, 2.24) is 20.3 Å². The summed E-state index contributed by atoms with van der Waals surface area (Å²) in [5.74, 6) is 0.772. The van der Waals surface area contributed by atoms with E-state index in [4.69, 9.17) is 61.9 Å². The molecule has 1 aromatic heterocycles. The summed E-state index contributed by atoms with van der Waals surface area (Å²) in [4.78, 5) is 77.6. The maximum absolute atomic E-state index is 11.6. The number of carbonyl (C=O) groups is 6. The number of benzene rings is 10. The van der Waals surface area contributed by atoms with E-state index < -0.39 is 11.7 Å². The van der Waals surface area contributed by atoms with Gasteiger partial charge < -0.3 is 81.8 Å². The second-order valence-corrected chi connectivity index (χ2v) is 30.6. The van der Waals surface area contributed by atoms with Crippen LogP contribution in [0.2, 0.25) is 0 Å². The first-order valence-electron chi connectivity index (χ1n) is 47.0. The largest absolute Gasteiger partial charge is 0.508 e. The predicted octanol–water partition coefficient (Wildman–Crippen LogP) is 24.7. The average Bonchev–Trinajstić information content (AvgIpc) is 0.864. The Morgan fingerprint density at radius 1 is 0.311 bits per heavy atom. The van der Waals surface area contributed by atoms with Crippen molar-refractivity contribution in [2.75, 3.05) is 93.4 Å². The van der Waals surface area contributed by atoms with Crippen LogP contribution in [-0.4, -0.2) is 160 Å². The molecule has 0 atom stereocenters. The number of nitrogens with zero attached hydrogens (tertiary/aromatic N) is 3. The molecule has 3 N–H and O–H groups in total. The number of aromatic nitrogens is 3. The van der Waals surface area contributed by atoms with Crippen LogP contribution in [0.5, 0.6) is 41.0 Å². The zero-order valence-corrected chi connectivity index (χ0v) is 86.2. The van der Waals surface area contributed by atoms with Gasteiger partial charge in [-0.05, 0) is 182 Å². The molecular formula is C122H144N4O22. The Labute approximate surface area is 874 Å². The van der Waals surface area contributed by atoms with E-state index in [9.17, 15) is 33.9 Å². The molecule has 148 heavy (non-hydrogen) atoms. The molecule has 1 heterocycles. The second-order valence-electron chi connectivity index (χ2n) is 30.6. The van der Waals surface area contributed by atoms with Crippen LogP contribution in [0.25, 0.3) is 0 Å². The number of ether oxygens (including phenoxy) is 14. The summed E-state index contributed by atoms with van der Waals surface area (Å²) in [5, 5.41) is 20.6. The van der Waals surface area contributed by atoms with Crippen molar-refractivity contribution >= 4 is 35.9 Å². The molecule has 0 aliphatic carbocycles. The zero-order chi connectivity index (χ0) is 109. The number of rotatable bonds is 46. The number of esters is 5. The number of alkyl carbamates (subject to hydrolysis) is 1. The monoisotopic (exact) mass is 2020 g/mol. The standard InChI is InChI=1S/C18H16O4.C18H20O2.C12H15N3O3.C10H10O2.3C10H12O.2C9H10O.C8H15NO2.C8H12O4/c19-17(15-9-3-1-4-10-15)21-13-7-8-14-22-18(20)16-11-5-2-6-12-16;1-3-9-17(10-4-1)15-19-13-7-8-14-20-16-18-11-5-2-6-12-18;1-4-7-16-10-13-11(17-8-5-2)15-12(14-10)18-9-6-3;1-2-8-12-10(11)9-6-4-3-5-7-9;1-3-6-9-7-4-5-8-10(9)11-2;1-3-4-9-5-7-10(11-2)8-6-9;1-2-8-11-9-10-6-4-3-5-7-10;1-2-5-8-6-3-4-7-9(8)10;1-2-3-8-4-6-9(10)7-5-8;1-5-6-9-7(10)11-8(2,3)4;1-7(9)11-5-3-4-6-12-8(2)10/h1-12H,13-14H2;1-12H,13-16H2;4-6H,1-3,7-9H2;2-7H,1,8H2;3-5,7-8H,1,6H2,2H3;3,5-8H,1,4H2,2H3;2-7H,1,8-9H2;2-4,6-7,10H,1,5H2;2,4-7,10H,1,3H2;5H,1,6H2,2-4H3,(H,9,10);3-4H,5-6H2,1-2H3/b2*8-7-;;;;;;;;;4-3-. The fourth-order valence-corrected chi connectivity index (χ4v) is 10.5. The van der Waals surface area contributed by atoms with Crippen molar-refractivity contribution in [2.45, 2.75) is 85.7 Å². The third-order valence-electron chi connectivity index (χ3n) is 17.4. The molecule has 0 fully saturated rings. The lowest BCUT2D eigenvalue weighted by Crippen LogP contribution is -2.32. The summed E-state index contributed by atoms with van der Waals surface area (Å²) < 4.78 is 71.2. The Morgan fingerprint density at radius 2 is 0.622 bits per heavy atom. The van der Waals surface area contributed by atoms with E-state index in [1.54, 1.807) is 172 Å². The van der Waals surface area contributed by atoms with E-state index in [0.717, 1.165) is 42.7 Å². The molecule has 26 heteroatoms. The third-order valence-corrected chi connectivity index (χ3v) is 17.4. The molecule has 11 aromatic rings. The van der Waals surface area contributed by atoms with Gasteiger partial charge in [0.2, 0.25) is 0 Å². The first kappa shape index (κ1) is 129. The summed E-state index contributed by atoms with van der Waals surface area (Å²) >= 11 is 0. The lowest BCUT2D eigenvalue weighted by Gasteiger charge is -2.19. The van der Waals surface area contributed by atoms with Crippen LogP contribution >= 0.6 is 0 Å². The first-order valence-corrected chi connectivity index (χ1v) is 47.0. The molecule has 0 spiro atoms. The van der Waals surface area contributed by atoms with Gasteiger partial charge in [0.15, 0.2) is 0 Å². The van der Waals surface area contributed by atoms with Crippen molar-refractivity contribution in [3.63, 3.8) is 0 Å². The minimum Gasteiger partial charge on any atom is -0.508 e. The molecule has 0 saturated heterocycles. The quantitative estimate of drug-likeness (QED) is 0.0138. The lowest BCUT2D eigenvalue weighted by molar-refractivity contribution is -0.141. The van der Waals surface area contributed by atoms with Gasteiger partial charge in [-0.1, -0.05) is 305 Å². The summed E-state index contributed by atoms with van der Waals surface area (Å²) in [7, 11) is 3.35. The normalized spacial score (nSPS) is 9.78. The Kier molecular flexibility index (Phi) is 76.4. The van der Waals surface area contributed by atoms with Crippen LogP contribution in [0.4, 0.5) is 4.79 Å². The van der Waals surface area contributed by atoms with E-state index in [2.05, 4.69) is 120 Å². The lowest BCUT2D eigenvalue weighted by atomic mass is 10.1. The van der Waals surface area contributed by atoms with Crippen molar-refractivity contribution in [1.29, 1.82) is 0 Å². The molecular weight excluding hydrogens is 1870 g/mol. The number of phenolic OH excluding ortho intramolecular Hbond substituents is 2. The average molecular weight is 2020 g/mol. The Hall–Kier alpha value is -17.1. The molecule has 0 radical (unpaired) electrons. The number of para-hydroxylation sites is 2. The van der Waals surface area contributed by atoms with Gasteiger partial charge in [-0.2, -0.15) is 0 Å². The first-order chi connectivity index (χ1) is 71.8. The molecule has 11 rings (SSSR count). The molecule has 10 aromatic carbocycles. The highest BCUT2D eigenvalue weighted by Crippen LogP contribution is 2.20. The third kappa shape index (κ3) is 71.4. The highest BCUT2D eigenvalue weighted by Gasteiger charge is 2.16. The molecule has 0 aliphatic rings. The van der Waals surface area contributed by atoms with Gasteiger partial charge in [0.25, 0.3) is 0 Å². The van der Waals surface area contributed by atoms with Gasteiger partial charge in [0, 0.05) is 20.4 Å². The second kappa shape index (κ2) is 87.7. The summed E-state index contributed by atoms with van der Waals surface area (Å²) in [6, 6.07) is 87.5. The van der Waals surface area contributed by atoms with Crippen molar-refractivity contribution in [3.8, 4) is 41.0 Å². The Balaban J connectivity index is 0.000000824. The van der Waals surface area contributed by atoms with Crippen LogP contribution < -0.4 is 29.0 Å². The molecule has 26 nitrogen and oxygen atoms in total. The van der Waals surface area contributed by atoms with E-state index in [0.29, 0.717) is 74.4 Å². The number of phenols is 2. The molecule has 0 bridgehead atoms. The topological polar surface area (TPSA) is 323 Å². The van der Waals surface area contributed by atoms with Crippen LogP contribution in [0.1, 0.15) is 105 Å². The van der Waals surface area contributed by atoms with Gasteiger partial charge in [-0.3, -0.25) is 9.59 Å². The fourth-order valence-electron chi connectivity index (χ4n) is 10.5. The van der Waals surface area contributed by atoms with Gasteiger partial charge in [-0.15, -0.1) is 54.4 Å². The number of methoxy groups -OCH3 is 2. The van der Waals surface area contributed by atoms with E-state index in [-0.39, 0.29) is 101 Å². The molecule has 0 aliphatic heterocycles. The maximum Gasteiger partial charge on any atom is 0.407 e. The maximum atomic E-state index is 11.6. The van der Waals surface area contributed by atoms with Crippen molar-refractivity contribution in [3.05, 3.63) is 498 Å².